The lowest BCUT2D eigenvalue weighted by Crippen LogP contribution is -2.10. The molecule has 0 unspecified atom stereocenters. The first-order valence-corrected chi connectivity index (χ1v) is 5.50. The molecular formula is C14H12N2O2. The fourth-order valence-corrected chi connectivity index (χ4v) is 1.43. The van der Waals surface area contributed by atoms with E-state index in [1.165, 1.54) is 24.3 Å². The molecule has 0 heterocycles. The molecule has 1 aliphatic carbocycles. The number of anilines is 1. The number of hydrogen-bond donors (Lipinski definition) is 1. The molecule has 1 aromatic carbocycles. The molecule has 18 heavy (non-hydrogen) atoms. The molecule has 2 rings (SSSR count). The van der Waals surface area contributed by atoms with E-state index in [-0.39, 0.29) is 5.78 Å². The number of aryl methyl sites for hydroxylation is 1. The van der Waals surface area contributed by atoms with Crippen LogP contribution in [-0.4, -0.2) is 17.5 Å². The second-order valence-electron chi connectivity index (χ2n) is 3.90. The summed E-state index contributed by atoms with van der Waals surface area (Å²) in [5.74, 6) is -0.104. The number of carbonyl (C=O) groups is 2. The fraction of sp³-hybridized carbons (Fsp3) is 0.0714. The number of carbonyl (C=O) groups excluding carboxylic acids is 2. The van der Waals surface area contributed by atoms with Crippen molar-refractivity contribution >= 4 is 23.2 Å². The monoisotopic (exact) mass is 240 g/mol. The largest absolute Gasteiger partial charge is 0.345 e. The number of nitrogens with one attached hydrogen (secondary N) is 1. The van der Waals surface area contributed by atoms with Crippen molar-refractivity contribution in [2.75, 3.05) is 5.32 Å². The Morgan fingerprint density at radius 2 is 1.67 bits per heavy atom. The van der Waals surface area contributed by atoms with Gasteiger partial charge in [0.05, 0.1) is 5.71 Å². The molecular weight excluding hydrogens is 228 g/mol. The Bertz CT molecular complexity index is 548. The predicted octanol–water partition coefficient (Wildman–Crippen LogP) is 2.66. The molecule has 4 heteroatoms. The average molecular weight is 240 g/mol. The van der Waals surface area contributed by atoms with E-state index in [4.69, 9.17) is 0 Å². The van der Waals surface area contributed by atoms with E-state index in [9.17, 15) is 9.59 Å². The second kappa shape index (κ2) is 5.23. The van der Waals surface area contributed by atoms with E-state index in [2.05, 4.69) is 10.3 Å². The van der Waals surface area contributed by atoms with Gasteiger partial charge in [0.2, 0.25) is 0 Å². The Labute approximate surface area is 105 Å². The zero-order valence-corrected chi connectivity index (χ0v) is 9.88. The molecule has 0 atom stereocenters. The summed E-state index contributed by atoms with van der Waals surface area (Å²) in [6.07, 6.45) is 5.77. The zero-order valence-electron chi connectivity index (χ0n) is 9.88. The lowest BCUT2D eigenvalue weighted by atomic mass is 10.2. The minimum atomic E-state index is -0.461. The third kappa shape index (κ3) is 3.25. The van der Waals surface area contributed by atoms with E-state index in [1.807, 2.05) is 31.2 Å². The number of hydrogen-bond acceptors (Lipinski definition) is 2. The summed E-state index contributed by atoms with van der Waals surface area (Å²) < 4.78 is 0. The number of ketones is 1. The Morgan fingerprint density at radius 3 is 2.28 bits per heavy atom. The molecule has 1 aliphatic rings. The Hall–Kier alpha value is -2.49. The number of benzene rings is 1. The maximum Gasteiger partial charge on any atom is 0.345 e. The van der Waals surface area contributed by atoms with Crippen LogP contribution in [0, 0.1) is 6.92 Å². The molecule has 2 amide bonds. The lowest BCUT2D eigenvalue weighted by Gasteiger charge is -2.03. The van der Waals surface area contributed by atoms with Crippen LogP contribution in [0.2, 0.25) is 0 Å². The van der Waals surface area contributed by atoms with Crippen LogP contribution in [-0.2, 0) is 4.79 Å². The molecule has 4 nitrogen and oxygen atoms in total. The lowest BCUT2D eigenvalue weighted by molar-refractivity contribution is -0.110. The quantitative estimate of drug-likeness (QED) is 0.767. The van der Waals surface area contributed by atoms with Crippen molar-refractivity contribution in [1.82, 2.24) is 0 Å². The van der Waals surface area contributed by atoms with Crippen LogP contribution in [0.15, 0.2) is 53.6 Å². The standard InChI is InChI=1S/C14H12N2O2/c1-10-2-4-11(5-3-10)15-14(18)16-12-6-8-13(17)9-7-12/h2-9H,1H3,(H,15,18). The number of aliphatic imine (C=N–C) groups is 1. The Balaban J connectivity index is 2.03. The molecule has 0 saturated carbocycles. The summed E-state index contributed by atoms with van der Waals surface area (Å²) in [5, 5.41) is 2.65. The highest BCUT2D eigenvalue weighted by atomic mass is 16.2. The highest BCUT2D eigenvalue weighted by molar-refractivity contribution is 6.19. The minimum Gasteiger partial charge on any atom is -0.306 e. The van der Waals surface area contributed by atoms with Gasteiger partial charge in [0.15, 0.2) is 5.78 Å². The summed E-state index contributed by atoms with van der Waals surface area (Å²) in [6, 6.07) is 6.97. The van der Waals surface area contributed by atoms with Crippen LogP contribution in [0.5, 0.6) is 0 Å². The van der Waals surface area contributed by atoms with Gasteiger partial charge >= 0.3 is 6.03 Å². The van der Waals surface area contributed by atoms with Gasteiger partial charge in [-0.1, -0.05) is 17.7 Å². The molecule has 1 N–H and O–H groups in total. The number of rotatable bonds is 1. The topological polar surface area (TPSA) is 58.5 Å². The molecule has 0 aliphatic heterocycles. The van der Waals surface area contributed by atoms with Crippen LogP contribution in [0.1, 0.15) is 5.56 Å². The van der Waals surface area contributed by atoms with Crippen molar-refractivity contribution in [3.05, 3.63) is 54.1 Å². The van der Waals surface area contributed by atoms with Gasteiger partial charge in [0.25, 0.3) is 0 Å². The predicted molar refractivity (Wildman–Crippen MR) is 70.9 cm³/mol. The normalized spacial score (nSPS) is 13.6. The van der Waals surface area contributed by atoms with Crippen molar-refractivity contribution in [1.29, 1.82) is 0 Å². The maximum absolute atomic E-state index is 11.6. The number of allylic oxidation sites excluding steroid dienone is 4. The number of nitrogens with zero attached hydrogens (tertiary/aromatic N) is 1. The van der Waals surface area contributed by atoms with Crippen molar-refractivity contribution in [2.45, 2.75) is 6.92 Å². The molecule has 0 spiro atoms. The second-order valence-corrected chi connectivity index (χ2v) is 3.90. The highest BCUT2D eigenvalue weighted by Crippen LogP contribution is 2.09. The summed E-state index contributed by atoms with van der Waals surface area (Å²) in [6.45, 7) is 1.97. The van der Waals surface area contributed by atoms with E-state index < -0.39 is 6.03 Å². The third-order valence-corrected chi connectivity index (χ3v) is 2.37. The van der Waals surface area contributed by atoms with Crippen molar-refractivity contribution in [3.63, 3.8) is 0 Å². The molecule has 0 bridgehead atoms. The van der Waals surface area contributed by atoms with Crippen LogP contribution >= 0.6 is 0 Å². The van der Waals surface area contributed by atoms with E-state index >= 15 is 0 Å². The van der Waals surface area contributed by atoms with Crippen LogP contribution < -0.4 is 5.32 Å². The van der Waals surface area contributed by atoms with Gasteiger partial charge in [-0.15, -0.1) is 0 Å². The van der Waals surface area contributed by atoms with Crippen LogP contribution in [0.25, 0.3) is 0 Å². The molecule has 90 valence electrons. The van der Waals surface area contributed by atoms with Gasteiger partial charge in [-0.3, -0.25) is 4.79 Å². The van der Waals surface area contributed by atoms with E-state index in [1.54, 1.807) is 0 Å². The molecule has 0 saturated heterocycles. The molecule has 0 fully saturated rings. The van der Waals surface area contributed by atoms with E-state index in [0.717, 1.165) is 5.56 Å². The SMILES string of the molecule is Cc1ccc(NC(=O)N=C2C=CC(=O)C=C2)cc1. The fourth-order valence-electron chi connectivity index (χ4n) is 1.43. The minimum absolute atomic E-state index is 0.104. The summed E-state index contributed by atoms with van der Waals surface area (Å²) in [7, 11) is 0. The summed E-state index contributed by atoms with van der Waals surface area (Å²) in [5.41, 5.74) is 2.27. The molecule has 1 aromatic rings. The summed E-state index contributed by atoms with van der Waals surface area (Å²) >= 11 is 0. The first kappa shape index (κ1) is 12.0. The first-order valence-electron chi connectivity index (χ1n) is 5.50. The molecule has 0 aromatic heterocycles. The third-order valence-electron chi connectivity index (χ3n) is 2.37. The van der Waals surface area contributed by atoms with Gasteiger partial charge in [-0.05, 0) is 43.4 Å². The van der Waals surface area contributed by atoms with Crippen molar-refractivity contribution in [3.8, 4) is 0 Å². The zero-order chi connectivity index (χ0) is 13.0. The van der Waals surface area contributed by atoms with Crippen molar-refractivity contribution in [2.24, 2.45) is 4.99 Å². The van der Waals surface area contributed by atoms with Crippen molar-refractivity contribution < 1.29 is 9.59 Å². The van der Waals surface area contributed by atoms with Gasteiger partial charge in [0.1, 0.15) is 0 Å². The van der Waals surface area contributed by atoms with Gasteiger partial charge < -0.3 is 5.32 Å². The molecule has 0 radical (unpaired) electrons. The smallest absolute Gasteiger partial charge is 0.306 e. The van der Waals surface area contributed by atoms with Gasteiger partial charge in [-0.2, -0.15) is 4.99 Å². The average Bonchev–Trinajstić information content (AvgIpc) is 2.35. The summed E-state index contributed by atoms with van der Waals surface area (Å²) in [4.78, 5) is 26.3. The van der Waals surface area contributed by atoms with Gasteiger partial charge in [0, 0.05) is 5.69 Å². The van der Waals surface area contributed by atoms with Crippen LogP contribution in [0.3, 0.4) is 0 Å². The first-order chi connectivity index (χ1) is 8.63. The maximum atomic E-state index is 11.6. The van der Waals surface area contributed by atoms with Crippen LogP contribution in [0.4, 0.5) is 10.5 Å². The Kier molecular flexibility index (Phi) is 3.48. The Morgan fingerprint density at radius 1 is 1.06 bits per heavy atom. The van der Waals surface area contributed by atoms with E-state index in [0.29, 0.717) is 11.4 Å². The number of urea groups is 1. The van der Waals surface area contributed by atoms with Gasteiger partial charge in [-0.25, -0.2) is 4.79 Å². The highest BCUT2D eigenvalue weighted by Gasteiger charge is 2.03. The number of amides is 2.